The second-order valence-electron chi connectivity index (χ2n) is 6.78. The van der Waals surface area contributed by atoms with Crippen LogP contribution in [0.3, 0.4) is 0 Å². The molecule has 21 heavy (non-hydrogen) atoms. The number of fused-ring (bicyclic) bond motifs is 3. The number of carbonyl (C=O) groups excluding carboxylic acids is 1. The quantitative estimate of drug-likeness (QED) is 0.741. The molecule has 0 aromatic heterocycles. The van der Waals surface area contributed by atoms with E-state index in [2.05, 4.69) is 18.2 Å². The molecule has 0 amide bonds. The molecule has 1 unspecified atom stereocenters. The van der Waals surface area contributed by atoms with Crippen molar-refractivity contribution in [1.29, 1.82) is 0 Å². The second-order valence-corrected chi connectivity index (χ2v) is 6.78. The third-order valence-electron chi connectivity index (χ3n) is 6.00. The van der Waals surface area contributed by atoms with Crippen LogP contribution in [0.25, 0.3) is 0 Å². The maximum Gasteiger partial charge on any atom is 0.306 e. The first-order valence-electron chi connectivity index (χ1n) is 8.08. The van der Waals surface area contributed by atoms with Crippen LogP contribution in [0.2, 0.25) is 0 Å². The minimum atomic E-state index is -0.250. The number of methoxy groups -OCH3 is 1. The zero-order valence-electron chi connectivity index (χ0n) is 12.6. The largest absolute Gasteiger partial charge is 0.497 e. The zero-order valence-corrected chi connectivity index (χ0v) is 12.6. The van der Waals surface area contributed by atoms with Crippen molar-refractivity contribution in [2.24, 2.45) is 0 Å². The molecule has 3 aliphatic rings. The number of rotatable bonds is 1. The van der Waals surface area contributed by atoms with Crippen LogP contribution in [0, 0.1) is 0 Å². The van der Waals surface area contributed by atoms with Crippen molar-refractivity contribution < 1.29 is 14.3 Å². The van der Waals surface area contributed by atoms with Crippen molar-refractivity contribution >= 4 is 5.97 Å². The standard InChI is InChI=1S/C18H22O3/c1-20-14-5-4-13-6-10-18(11-7-16(19)21-18)17(15(13)12-14)8-2-3-9-17/h4-5,12H,2-3,6-11H2,1H3. The highest BCUT2D eigenvalue weighted by Gasteiger charge is 2.60. The lowest BCUT2D eigenvalue weighted by Gasteiger charge is -2.49. The zero-order chi connectivity index (χ0) is 14.5. The van der Waals surface area contributed by atoms with Crippen molar-refractivity contribution in [3.63, 3.8) is 0 Å². The molecule has 1 aromatic rings. The molecule has 1 heterocycles. The molecule has 0 N–H and O–H groups in total. The number of benzene rings is 1. The Balaban J connectivity index is 1.88. The summed E-state index contributed by atoms with van der Waals surface area (Å²) in [4.78, 5) is 11.8. The lowest BCUT2D eigenvalue weighted by Crippen LogP contribution is -2.53. The van der Waals surface area contributed by atoms with Gasteiger partial charge in [-0.1, -0.05) is 18.9 Å². The third kappa shape index (κ3) is 1.69. The predicted octanol–water partition coefficient (Wildman–Crippen LogP) is 3.53. The summed E-state index contributed by atoms with van der Waals surface area (Å²) in [7, 11) is 1.72. The van der Waals surface area contributed by atoms with E-state index in [0.717, 1.165) is 37.9 Å². The van der Waals surface area contributed by atoms with Crippen molar-refractivity contribution in [2.45, 2.75) is 62.4 Å². The number of aryl methyl sites for hydroxylation is 1. The molecular weight excluding hydrogens is 264 g/mol. The van der Waals surface area contributed by atoms with Gasteiger partial charge in [0, 0.05) is 11.8 Å². The van der Waals surface area contributed by atoms with E-state index in [0.29, 0.717) is 6.42 Å². The average Bonchev–Trinajstić information content (AvgIpc) is 3.12. The van der Waals surface area contributed by atoms with Crippen LogP contribution in [0.5, 0.6) is 5.75 Å². The summed E-state index contributed by atoms with van der Waals surface area (Å²) in [5.74, 6) is 0.911. The summed E-state index contributed by atoms with van der Waals surface area (Å²) < 4.78 is 11.4. The smallest absolute Gasteiger partial charge is 0.306 e. The molecule has 0 radical (unpaired) electrons. The van der Waals surface area contributed by atoms with Gasteiger partial charge in [0.1, 0.15) is 11.4 Å². The highest BCUT2D eigenvalue weighted by molar-refractivity contribution is 5.73. The molecule has 4 rings (SSSR count). The van der Waals surface area contributed by atoms with Gasteiger partial charge in [-0.25, -0.2) is 0 Å². The van der Waals surface area contributed by atoms with Gasteiger partial charge in [-0.05, 0) is 55.4 Å². The van der Waals surface area contributed by atoms with Gasteiger partial charge >= 0.3 is 5.97 Å². The van der Waals surface area contributed by atoms with Gasteiger partial charge in [-0.3, -0.25) is 4.79 Å². The Kier molecular flexibility index (Phi) is 2.82. The Morgan fingerprint density at radius 1 is 1.10 bits per heavy atom. The maximum absolute atomic E-state index is 11.8. The maximum atomic E-state index is 11.8. The monoisotopic (exact) mass is 286 g/mol. The first-order chi connectivity index (χ1) is 10.2. The molecule has 3 nitrogen and oxygen atoms in total. The fourth-order valence-corrected chi connectivity index (χ4v) is 5.01. The Labute approximate surface area is 125 Å². The molecular formula is C18H22O3. The SMILES string of the molecule is COc1ccc2c(c1)C1(CCCC1)C1(CCC(=O)O1)CC2. The molecule has 2 fully saturated rings. The van der Waals surface area contributed by atoms with Crippen LogP contribution in [0.15, 0.2) is 18.2 Å². The van der Waals surface area contributed by atoms with Crippen molar-refractivity contribution in [2.75, 3.05) is 7.11 Å². The summed E-state index contributed by atoms with van der Waals surface area (Å²) in [5.41, 5.74) is 2.59. The highest BCUT2D eigenvalue weighted by atomic mass is 16.6. The van der Waals surface area contributed by atoms with Crippen LogP contribution in [0.4, 0.5) is 0 Å². The Morgan fingerprint density at radius 3 is 2.52 bits per heavy atom. The van der Waals surface area contributed by atoms with E-state index < -0.39 is 0 Å². The van der Waals surface area contributed by atoms with E-state index in [1.165, 1.54) is 24.0 Å². The summed E-state index contributed by atoms with van der Waals surface area (Å²) in [6, 6.07) is 6.46. The molecule has 1 atom stereocenters. The van der Waals surface area contributed by atoms with E-state index in [4.69, 9.17) is 9.47 Å². The molecule has 2 aliphatic carbocycles. The Hall–Kier alpha value is -1.51. The minimum absolute atomic E-state index is 0.00683. The van der Waals surface area contributed by atoms with Gasteiger partial charge in [0.15, 0.2) is 0 Å². The molecule has 1 saturated carbocycles. The lowest BCUT2D eigenvalue weighted by atomic mass is 9.58. The highest BCUT2D eigenvalue weighted by Crippen LogP contribution is 2.59. The van der Waals surface area contributed by atoms with Crippen LogP contribution < -0.4 is 4.74 Å². The molecule has 1 saturated heterocycles. The van der Waals surface area contributed by atoms with Gasteiger partial charge in [0.05, 0.1) is 7.11 Å². The van der Waals surface area contributed by atoms with E-state index in [9.17, 15) is 4.79 Å². The predicted molar refractivity (Wildman–Crippen MR) is 79.5 cm³/mol. The van der Waals surface area contributed by atoms with Gasteiger partial charge in [0.25, 0.3) is 0 Å². The molecule has 1 aliphatic heterocycles. The normalized spacial score (nSPS) is 29.7. The van der Waals surface area contributed by atoms with E-state index in [1.807, 2.05) is 0 Å². The lowest BCUT2D eigenvalue weighted by molar-refractivity contribution is -0.157. The topological polar surface area (TPSA) is 35.5 Å². The Bertz CT molecular complexity index is 586. The first kappa shape index (κ1) is 13.2. The average molecular weight is 286 g/mol. The van der Waals surface area contributed by atoms with Gasteiger partial charge in [-0.15, -0.1) is 0 Å². The van der Waals surface area contributed by atoms with Gasteiger partial charge in [-0.2, -0.15) is 0 Å². The summed E-state index contributed by atoms with van der Waals surface area (Å²) >= 11 is 0. The number of hydrogen-bond acceptors (Lipinski definition) is 3. The van der Waals surface area contributed by atoms with E-state index >= 15 is 0 Å². The molecule has 3 heteroatoms. The Morgan fingerprint density at radius 2 is 1.86 bits per heavy atom. The summed E-state index contributed by atoms with van der Waals surface area (Å²) in [6.07, 6.45) is 8.21. The number of carbonyl (C=O) groups is 1. The fourth-order valence-electron chi connectivity index (χ4n) is 5.01. The van der Waals surface area contributed by atoms with Crippen molar-refractivity contribution in [1.82, 2.24) is 0 Å². The third-order valence-corrected chi connectivity index (χ3v) is 6.00. The minimum Gasteiger partial charge on any atom is -0.497 e. The van der Waals surface area contributed by atoms with Crippen molar-refractivity contribution in [3.05, 3.63) is 29.3 Å². The molecule has 0 bridgehead atoms. The fraction of sp³-hybridized carbons (Fsp3) is 0.611. The van der Waals surface area contributed by atoms with Gasteiger partial charge in [0.2, 0.25) is 0 Å². The van der Waals surface area contributed by atoms with Crippen LogP contribution in [-0.4, -0.2) is 18.7 Å². The summed E-state index contributed by atoms with van der Waals surface area (Å²) in [5, 5.41) is 0. The number of ether oxygens (including phenoxy) is 2. The number of hydrogen-bond donors (Lipinski definition) is 0. The van der Waals surface area contributed by atoms with Crippen LogP contribution in [0.1, 0.15) is 56.1 Å². The summed E-state index contributed by atoms with van der Waals surface area (Å²) in [6.45, 7) is 0. The molecule has 112 valence electrons. The van der Waals surface area contributed by atoms with E-state index in [1.54, 1.807) is 7.11 Å². The van der Waals surface area contributed by atoms with Gasteiger partial charge < -0.3 is 9.47 Å². The first-order valence-corrected chi connectivity index (χ1v) is 8.08. The van der Waals surface area contributed by atoms with E-state index in [-0.39, 0.29) is 17.0 Å². The van der Waals surface area contributed by atoms with Crippen LogP contribution in [-0.2, 0) is 21.4 Å². The molecule has 1 aromatic carbocycles. The number of esters is 1. The molecule has 2 spiro atoms. The van der Waals surface area contributed by atoms with Crippen LogP contribution >= 0.6 is 0 Å². The second kappa shape index (κ2) is 4.49. The van der Waals surface area contributed by atoms with Crippen molar-refractivity contribution in [3.8, 4) is 5.75 Å².